The lowest BCUT2D eigenvalue weighted by Crippen LogP contribution is -2.10. The van der Waals surface area contributed by atoms with Crippen LogP contribution >= 0.6 is 0 Å². The maximum Gasteiger partial charge on any atom is 0.0562 e. The summed E-state index contributed by atoms with van der Waals surface area (Å²) in [6.07, 6.45) is 0. The van der Waals surface area contributed by atoms with Crippen LogP contribution < -0.4 is 4.90 Å². The van der Waals surface area contributed by atoms with E-state index in [0.29, 0.717) is 0 Å². The second-order valence-corrected chi connectivity index (χ2v) is 16.1. The van der Waals surface area contributed by atoms with Gasteiger partial charge in [-0.3, -0.25) is 0 Å². The van der Waals surface area contributed by atoms with Crippen LogP contribution in [0.2, 0.25) is 0 Å². The number of hydrogen-bond donors (Lipinski definition) is 0. The third-order valence-electron chi connectivity index (χ3n) is 12.5. The van der Waals surface area contributed by atoms with E-state index in [-0.39, 0.29) is 0 Å². The lowest BCUT2D eigenvalue weighted by molar-refractivity contribution is 1.18. The molecule has 0 aliphatic carbocycles. The first kappa shape index (κ1) is 35.7. The summed E-state index contributed by atoms with van der Waals surface area (Å²) in [5.74, 6) is 0. The number of fused-ring (bicyclic) bond motifs is 7. The number of benzene rings is 11. The molecule has 0 amide bonds. The predicted molar refractivity (Wildman–Crippen MR) is 264 cm³/mol. The van der Waals surface area contributed by atoms with Gasteiger partial charge in [0, 0.05) is 27.8 Å². The molecule has 0 atom stereocenters. The number of anilines is 3. The normalized spacial score (nSPS) is 11.5. The smallest absolute Gasteiger partial charge is 0.0562 e. The minimum Gasteiger partial charge on any atom is -0.310 e. The average molecular weight is 789 g/mol. The van der Waals surface area contributed by atoms with E-state index in [1.807, 2.05) is 0 Å². The summed E-state index contributed by atoms with van der Waals surface area (Å²) in [6, 6.07) is 88.5. The van der Waals surface area contributed by atoms with Crippen LogP contribution in [0, 0.1) is 0 Å². The summed E-state index contributed by atoms with van der Waals surface area (Å²) in [7, 11) is 0. The van der Waals surface area contributed by atoms with Crippen LogP contribution in [0.4, 0.5) is 17.1 Å². The summed E-state index contributed by atoms with van der Waals surface area (Å²) in [5, 5.41) is 9.89. The van der Waals surface area contributed by atoms with Gasteiger partial charge in [-0.05, 0) is 126 Å². The first-order chi connectivity index (χ1) is 30.8. The number of para-hydroxylation sites is 2. The Balaban J connectivity index is 1.06. The van der Waals surface area contributed by atoms with Crippen molar-refractivity contribution in [2.45, 2.75) is 0 Å². The van der Waals surface area contributed by atoms with Gasteiger partial charge in [-0.1, -0.05) is 182 Å². The first-order valence-corrected chi connectivity index (χ1v) is 21.3. The molecule has 12 rings (SSSR count). The Morgan fingerprint density at radius 3 is 1.58 bits per heavy atom. The third kappa shape index (κ3) is 5.88. The molecule has 0 spiro atoms. The molecule has 0 saturated heterocycles. The minimum absolute atomic E-state index is 1.09. The monoisotopic (exact) mass is 788 g/mol. The molecular weight excluding hydrogens is 749 g/mol. The maximum absolute atomic E-state index is 2.44. The van der Waals surface area contributed by atoms with Crippen molar-refractivity contribution in [3.05, 3.63) is 243 Å². The van der Waals surface area contributed by atoms with Crippen molar-refractivity contribution >= 4 is 71.2 Å². The number of aromatic nitrogens is 1. The Labute approximate surface area is 360 Å². The molecule has 0 aliphatic rings. The lowest BCUT2D eigenvalue weighted by Gasteiger charge is -2.27. The fraction of sp³-hybridized carbons (Fsp3) is 0. The van der Waals surface area contributed by atoms with E-state index in [4.69, 9.17) is 0 Å². The van der Waals surface area contributed by atoms with Gasteiger partial charge in [-0.25, -0.2) is 0 Å². The fourth-order valence-electron chi connectivity index (χ4n) is 9.77. The van der Waals surface area contributed by atoms with Crippen LogP contribution in [0.5, 0.6) is 0 Å². The topological polar surface area (TPSA) is 8.17 Å². The molecule has 0 unspecified atom stereocenters. The van der Waals surface area contributed by atoms with Crippen LogP contribution in [0.25, 0.3) is 93.2 Å². The Kier molecular flexibility index (Phi) is 8.53. The summed E-state index contributed by atoms with van der Waals surface area (Å²) in [4.78, 5) is 2.44. The summed E-state index contributed by atoms with van der Waals surface area (Å²) in [6.45, 7) is 0. The first-order valence-electron chi connectivity index (χ1n) is 21.3. The highest BCUT2D eigenvalue weighted by molar-refractivity contribution is 6.22. The van der Waals surface area contributed by atoms with E-state index >= 15 is 0 Å². The standard InChI is InChI=1S/C60H40N2/c1-4-18-43(19-5-1)58-52-26-13-12-25-50(52)51-38-34-46(40-54(51)59(58)44-20-6-2-7-21-44)42-31-35-48(36-32-42)61(49-37-33-41-17-10-11-22-45(41)39-49)56-29-16-30-57-60(56)53-27-14-15-28-55(53)62(57)47-23-8-3-9-24-47/h1-40H. The van der Waals surface area contributed by atoms with Crippen molar-refractivity contribution < 1.29 is 0 Å². The Hall–Kier alpha value is -8.20. The van der Waals surface area contributed by atoms with Crippen LogP contribution in [-0.2, 0) is 0 Å². The maximum atomic E-state index is 2.44. The van der Waals surface area contributed by atoms with Gasteiger partial charge in [0.1, 0.15) is 0 Å². The molecule has 0 N–H and O–H groups in total. The van der Waals surface area contributed by atoms with Crippen LogP contribution in [0.15, 0.2) is 243 Å². The highest BCUT2D eigenvalue weighted by Gasteiger charge is 2.22. The lowest BCUT2D eigenvalue weighted by atomic mass is 9.84. The van der Waals surface area contributed by atoms with Crippen molar-refractivity contribution in [2.24, 2.45) is 0 Å². The highest BCUT2D eigenvalue weighted by atomic mass is 15.1. The highest BCUT2D eigenvalue weighted by Crippen LogP contribution is 2.47. The molecular formula is C60H40N2. The molecule has 290 valence electrons. The minimum atomic E-state index is 1.09. The summed E-state index contributed by atoms with van der Waals surface area (Å²) >= 11 is 0. The summed E-state index contributed by atoms with van der Waals surface area (Å²) in [5.41, 5.74) is 14.1. The molecule has 0 aliphatic heterocycles. The van der Waals surface area contributed by atoms with Gasteiger partial charge in [0.05, 0.1) is 16.7 Å². The molecule has 0 radical (unpaired) electrons. The zero-order chi connectivity index (χ0) is 41.0. The second kappa shape index (κ2) is 14.8. The van der Waals surface area contributed by atoms with Gasteiger partial charge >= 0.3 is 0 Å². The second-order valence-electron chi connectivity index (χ2n) is 16.1. The van der Waals surface area contributed by atoms with Gasteiger partial charge in [-0.2, -0.15) is 0 Å². The Morgan fingerprint density at radius 1 is 0.290 bits per heavy atom. The summed E-state index contributed by atoms with van der Waals surface area (Å²) < 4.78 is 2.39. The van der Waals surface area contributed by atoms with E-state index in [1.54, 1.807) is 0 Å². The zero-order valence-electron chi connectivity index (χ0n) is 34.0. The van der Waals surface area contributed by atoms with E-state index in [1.165, 1.54) is 87.5 Å². The van der Waals surface area contributed by atoms with Crippen LogP contribution in [-0.4, -0.2) is 4.57 Å². The number of rotatable bonds is 7. The van der Waals surface area contributed by atoms with Crippen molar-refractivity contribution in [1.82, 2.24) is 4.57 Å². The van der Waals surface area contributed by atoms with Gasteiger partial charge in [0.2, 0.25) is 0 Å². The molecule has 2 nitrogen and oxygen atoms in total. The predicted octanol–water partition coefficient (Wildman–Crippen LogP) is 16.7. The van der Waals surface area contributed by atoms with Crippen molar-refractivity contribution in [1.29, 1.82) is 0 Å². The SMILES string of the molecule is c1ccc(-c2c(-c3ccccc3)c3cc(-c4ccc(N(c5ccc6ccccc6c5)c5cccc6c5c5ccccc5n6-c5ccccc5)cc4)ccc3c3ccccc23)cc1. The zero-order valence-corrected chi connectivity index (χ0v) is 34.0. The van der Waals surface area contributed by atoms with Crippen molar-refractivity contribution in [3.8, 4) is 39.1 Å². The third-order valence-corrected chi connectivity index (χ3v) is 12.5. The molecule has 62 heavy (non-hydrogen) atoms. The van der Waals surface area contributed by atoms with Crippen molar-refractivity contribution in [3.63, 3.8) is 0 Å². The molecule has 11 aromatic carbocycles. The largest absolute Gasteiger partial charge is 0.310 e. The quantitative estimate of drug-likeness (QED) is 0.146. The molecule has 2 heteroatoms. The van der Waals surface area contributed by atoms with Gasteiger partial charge in [0.15, 0.2) is 0 Å². The number of nitrogens with zero attached hydrogens (tertiary/aromatic N) is 2. The molecule has 0 bridgehead atoms. The van der Waals surface area contributed by atoms with E-state index < -0.39 is 0 Å². The molecule has 0 fully saturated rings. The van der Waals surface area contributed by atoms with Gasteiger partial charge in [0.25, 0.3) is 0 Å². The van der Waals surface area contributed by atoms with Gasteiger partial charge < -0.3 is 9.47 Å². The van der Waals surface area contributed by atoms with Crippen LogP contribution in [0.3, 0.4) is 0 Å². The fourth-order valence-corrected chi connectivity index (χ4v) is 9.77. The Bertz CT molecular complexity index is 3610. The number of hydrogen-bond acceptors (Lipinski definition) is 1. The van der Waals surface area contributed by atoms with Crippen molar-refractivity contribution in [2.75, 3.05) is 4.90 Å². The Morgan fingerprint density at radius 2 is 0.839 bits per heavy atom. The van der Waals surface area contributed by atoms with Crippen LogP contribution in [0.1, 0.15) is 0 Å². The molecule has 0 saturated carbocycles. The van der Waals surface area contributed by atoms with E-state index in [0.717, 1.165) is 22.7 Å². The van der Waals surface area contributed by atoms with Gasteiger partial charge in [-0.15, -0.1) is 0 Å². The molecule has 1 heterocycles. The van der Waals surface area contributed by atoms with E-state index in [9.17, 15) is 0 Å². The molecule has 1 aromatic heterocycles. The average Bonchev–Trinajstić information content (AvgIpc) is 3.69. The molecule has 12 aromatic rings. The van der Waals surface area contributed by atoms with E-state index in [2.05, 4.69) is 252 Å².